The largest absolute Gasteiger partial charge is 0.374 e. The van der Waals surface area contributed by atoms with Crippen LogP contribution < -0.4 is 11.1 Å². The first-order valence-corrected chi connectivity index (χ1v) is 10.9. The lowest BCUT2D eigenvalue weighted by molar-refractivity contribution is -0.131. The molecule has 0 bridgehead atoms. The van der Waals surface area contributed by atoms with Crippen LogP contribution in [0.15, 0.2) is 59.6 Å². The molecule has 0 aliphatic carbocycles. The molecule has 2 aromatic rings. The van der Waals surface area contributed by atoms with Gasteiger partial charge in [0.15, 0.2) is 5.96 Å². The van der Waals surface area contributed by atoms with Crippen LogP contribution in [-0.4, -0.2) is 27.4 Å². The minimum absolute atomic E-state index is 0.0163. The highest BCUT2D eigenvalue weighted by Crippen LogP contribution is 2.33. The molecule has 4 N–H and O–H groups in total. The van der Waals surface area contributed by atoms with Crippen molar-refractivity contribution in [3.8, 4) is 0 Å². The van der Waals surface area contributed by atoms with Gasteiger partial charge in [0, 0.05) is 6.04 Å². The Bertz CT molecular complexity index is 944. The van der Waals surface area contributed by atoms with Gasteiger partial charge in [-0.3, -0.25) is 15.0 Å². The van der Waals surface area contributed by atoms with Gasteiger partial charge in [-0.05, 0) is 49.4 Å². The summed E-state index contributed by atoms with van der Waals surface area (Å²) in [5, 5.41) is 14.0. The smallest absolute Gasteiger partial charge is 0.232 e. The van der Waals surface area contributed by atoms with Crippen LogP contribution in [0.25, 0.3) is 0 Å². The van der Waals surface area contributed by atoms with E-state index in [-0.39, 0.29) is 29.9 Å². The van der Waals surface area contributed by atoms with Crippen molar-refractivity contribution >= 4 is 11.9 Å². The first-order valence-electron chi connectivity index (χ1n) is 10.9. The number of carbonyl (C=O) groups is 1. The lowest BCUT2D eigenvalue weighted by atomic mass is 9.84. The molecule has 0 fully saturated rings. The van der Waals surface area contributed by atoms with Gasteiger partial charge in [-0.2, -0.15) is 0 Å². The van der Waals surface area contributed by atoms with Gasteiger partial charge in [0.25, 0.3) is 0 Å². The van der Waals surface area contributed by atoms with E-state index >= 15 is 0 Å². The summed E-state index contributed by atoms with van der Waals surface area (Å²) >= 11 is 0. The molecular formula is C25H34N4O2. The highest BCUT2D eigenvalue weighted by Gasteiger charge is 2.40. The van der Waals surface area contributed by atoms with Gasteiger partial charge in [0.2, 0.25) is 5.91 Å². The number of hydrogen-bond donors (Lipinski definition) is 3. The highest BCUT2D eigenvalue weighted by atomic mass is 16.3. The molecule has 0 saturated heterocycles. The molecule has 31 heavy (non-hydrogen) atoms. The van der Waals surface area contributed by atoms with E-state index in [1.807, 2.05) is 75.4 Å². The third-order valence-electron chi connectivity index (χ3n) is 6.44. The number of amides is 1. The van der Waals surface area contributed by atoms with E-state index in [0.717, 1.165) is 16.7 Å². The fourth-order valence-electron chi connectivity index (χ4n) is 3.93. The maximum atomic E-state index is 13.0. The van der Waals surface area contributed by atoms with E-state index in [1.165, 1.54) is 0 Å². The van der Waals surface area contributed by atoms with Crippen LogP contribution in [0.4, 0.5) is 0 Å². The quantitative estimate of drug-likeness (QED) is 0.587. The van der Waals surface area contributed by atoms with Crippen molar-refractivity contribution in [2.45, 2.75) is 64.9 Å². The molecule has 1 aliphatic rings. The molecule has 3 rings (SSSR count). The van der Waals surface area contributed by atoms with Crippen molar-refractivity contribution in [2.75, 3.05) is 0 Å². The van der Waals surface area contributed by atoms with Crippen LogP contribution in [-0.2, 0) is 4.79 Å². The molecule has 1 unspecified atom stereocenters. The van der Waals surface area contributed by atoms with Crippen molar-refractivity contribution in [3.05, 3.63) is 71.3 Å². The van der Waals surface area contributed by atoms with Crippen molar-refractivity contribution in [1.82, 2.24) is 10.2 Å². The summed E-state index contributed by atoms with van der Waals surface area (Å²) in [6.45, 7) is 10.0. The third-order valence-corrected chi connectivity index (χ3v) is 6.44. The highest BCUT2D eigenvalue weighted by molar-refractivity contribution is 5.99. The van der Waals surface area contributed by atoms with Gasteiger partial charge in [-0.15, -0.1) is 0 Å². The van der Waals surface area contributed by atoms with Crippen molar-refractivity contribution < 1.29 is 9.90 Å². The first-order chi connectivity index (χ1) is 14.6. The minimum Gasteiger partial charge on any atom is -0.374 e. The molecule has 0 saturated carbocycles. The van der Waals surface area contributed by atoms with Gasteiger partial charge < -0.3 is 10.8 Å². The average Bonchev–Trinajstić information content (AvgIpc) is 2.73. The van der Waals surface area contributed by atoms with Gasteiger partial charge in [-0.25, -0.2) is 4.99 Å². The van der Waals surface area contributed by atoms with Gasteiger partial charge >= 0.3 is 0 Å². The van der Waals surface area contributed by atoms with E-state index in [4.69, 9.17) is 5.73 Å². The zero-order valence-electron chi connectivity index (χ0n) is 19.0. The molecule has 1 heterocycles. The number of benzene rings is 2. The second kappa shape index (κ2) is 9.20. The summed E-state index contributed by atoms with van der Waals surface area (Å²) in [6, 6.07) is 17.3. The maximum absolute atomic E-state index is 13.0. The van der Waals surface area contributed by atoms with Crippen molar-refractivity contribution in [1.29, 1.82) is 0 Å². The number of guanidine groups is 1. The number of carbonyl (C=O) groups excluding carboxylic acids is 1. The Morgan fingerprint density at radius 2 is 1.65 bits per heavy atom. The van der Waals surface area contributed by atoms with Gasteiger partial charge in [0.05, 0.1) is 18.0 Å². The first kappa shape index (κ1) is 23.0. The molecule has 1 amide bonds. The zero-order valence-corrected chi connectivity index (χ0v) is 19.0. The molecule has 4 atom stereocenters. The van der Waals surface area contributed by atoms with Crippen LogP contribution in [0.3, 0.4) is 0 Å². The van der Waals surface area contributed by atoms with Crippen molar-refractivity contribution in [2.24, 2.45) is 16.6 Å². The number of aliphatic imine (C=N–C) groups is 1. The molecule has 0 aromatic heterocycles. The number of rotatable bonds is 7. The fraction of sp³-hybridized carbons (Fsp3) is 0.440. The van der Waals surface area contributed by atoms with E-state index in [9.17, 15) is 9.90 Å². The maximum Gasteiger partial charge on any atom is 0.232 e. The zero-order chi connectivity index (χ0) is 22.8. The minimum atomic E-state index is -0.838. The second-order valence-corrected chi connectivity index (χ2v) is 8.97. The Balaban J connectivity index is 1.78. The lowest BCUT2D eigenvalue weighted by Gasteiger charge is -2.40. The second-order valence-electron chi connectivity index (χ2n) is 8.97. The van der Waals surface area contributed by atoms with E-state index < -0.39 is 11.8 Å². The SMILES string of the molecule is CC(C)[C@]1(C)CC(=O)N([C@H](C)c2cccc(C(O)N[C@@H](C)c3ccccc3)c2)C(N)=N1. The Morgan fingerprint density at radius 3 is 2.26 bits per heavy atom. The van der Waals surface area contributed by atoms with Crippen LogP contribution in [0, 0.1) is 5.92 Å². The Kier molecular flexibility index (Phi) is 6.82. The van der Waals surface area contributed by atoms with Crippen LogP contribution in [0.5, 0.6) is 0 Å². The predicted molar refractivity (Wildman–Crippen MR) is 124 cm³/mol. The van der Waals surface area contributed by atoms with E-state index in [1.54, 1.807) is 4.90 Å². The topological polar surface area (TPSA) is 91.0 Å². The number of aliphatic hydroxyl groups excluding tert-OH is 1. The average molecular weight is 423 g/mol. The fourth-order valence-corrected chi connectivity index (χ4v) is 3.93. The molecule has 166 valence electrons. The number of nitrogens with zero attached hydrogens (tertiary/aromatic N) is 2. The summed E-state index contributed by atoms with van der Waals surface area (Å²) in [6.07, 6.45) is -0.511. The summed E-state index contributed by atoms with van der Waals surface area (Å²) in [4.78, 5) is 19.2. The molecule has 0 spiro atoms. The van der Waals surface area contributed by atoms with Crippen LogP contribution in [0.2, 0.25) is 0 Å². The normalized spacial score (nSPS) is 22.2. The Morgan fingerprint density at radius 1 is 1.03 bits per heavy atom. The number of nitrogens with one attached hydrogen (secondary N) is 1. The Labute approximate surface area is 185 Å². The Hall–Kier alpha value is -2.70. The van der Waals surface area contributed by atoms with Crippen molar-refractivity contribution in [3.63, 3.8) is 0 Å². The molecular weight excluding hydrogens is 388 g/mol. The summed E-state index contributed by atoms with van der Waals surface area (Å²) in [5.74, 6) is 0.434. The standard InChI is InChI=1S/C25H34N4O2/c1-16(2)25(5)15-22(30)29(24(26)28-25)18(4)20-12-9-13-21(14-20)23(31)27-17(3)19-10-7-6-8-11-19/h6-14,16-18,23,27,31H,15H2,1-5H3,(H2,26,28)/t17-,18+,23?,25-/m0/s1. The molecule has 6 nitrogen and oxygen atoms in total. The molecule has 0 radical (unpaired) electrons. The number of nitrogens with two attached hydrogens (primary N) is 1. The van der Waals surface area contributed by atoms with E-state index in [2.05, 4.69) is 24.2 Å². The van der Waals surface area contributed by atoms with Gasteiger partial charge in [-0.1, -0.05) is 62.4 Å². The molecule has 2 aromatic carbocycles. The van der Waals surface area contributed by atoms with Gasteiger partial charge in [0.1, 0.15) is 6.23 Å². The number of hydrogen-bond acceptors (Lipinski definition) is 5. The summed E-state index contributed by atoms with van der Waals surface area (Å²) in [7, 11) is 0. The summed E-state index contributed by atoms with van der Waals surface area (Å²) < 4.78 is 0. The third kappa shape index (κ3) is 4.97. The summed E-state index contributed by atoms with van der Waals surface area (Å²) in [5.41, 5.74) is 8.49. The van der Waals surface area contributed by atoms with E-state index in [0.29, 0.717) is 6.42 Å². The predicted octanol–water partition coefficient (Wildman–Crippen LogP) is 4.05. The monoisotopic (exact) mass is 422 g/mol. The lowest BCUT2D eigenvalue weighted by Crippen LogP contribution is -2.52. The molecule has 1 aliphatic heterocycles. The van der Waals surface area contributed by atoms with Crippen LogP contribution in [0.1, 0.15) is 76.0 Å². The van der Waals surface area contributed by atoms with Crippen LogP contribution >= 0.6 is 0 Å². The number of aliphatic hydroxyl groups is 1. The molecule has 6 heteroatoms.